The molecular formula is C14H19BrN2O. The van der Waals surface area contributed by atoms with Crippen molar-refractivity contribution >= 4 is 27.5 Å². The topological polar surface area (TPSA) is 46.3 Å². The molecule has 2 rings (SSSR count). The molecule has 2 atom stereocenters. The Balaban J connectivity index is 2.27. The Morgan fingerprint density at radius 3 is 2.83 bits per heavy atom. The third-order valence-corrected chi connectivity index (χ3v) is 4.29. The van der Waals surface area contributed by atoms with Crippen molar-refractivity contribution in [2.24, 2.45) is 5.92 Å². The lowest BCUT2D eigenvalue weighted by Crippen LogP contribution is -2.45. The smallest absolute Gasteiger partial charge is 0.255 e. The van der Waals surface area contributed by atoms with Gasteiger partial charge >= 0.3 is 0 Å². The van der Waals surface area contributed by atoms with Crippen LogP contribution in [0.5, 0.6) is 0 Å². The minimum Gasteiger partial charge on any atom is -0.399 e. The molecule has 1 aliphatic heterocycles. The zero-order valence-corrected chi connectivity index (χ0v) is 12.4. The molecule has 0 saturated carbocycles. The molecule has 1 aromatic carbocycles. The van der Waals surface area contributed by atoms with Crippen molar-refractivity contribution in [3.05, 3.63) is 28.2 Å². The van der Waals surface area contributed by atoms with Crippen LogP contribution in [0.1, 0.15) is 37.0 Å². The molecule has 1 heterocycles. The maximum atomic E-state index is 12.6. The molecule has 0 aromatic heterocycles. The Bertz CT molecular complexity index is 461. The molecular weight excluding hydrogens is 292 g/mol. The second kappa shape index (κ2) is 5.31. The zero-order valence-electron chi connectivity index (χ0n) is 10.8. The van der Waals surface area contributed by atoms with Gasteiger partial charge in [0.05, 0.1) is 5.56 Å². The number of amides is 1. The molecule has 2 N–H and O–H groups in total. The predicted octanol–water partition coefficient (Wildman–Crippen LogP) is 3.29. The summed E-state index contributed by atoms with van der Waals surface area (Å²) in [7, 11) is 0. The van der Waals surface area contributed by atoms with Crippen LogP contribution in [0.3, 0.4) is 0 Å². The number of hydrogen-bond acceptors (Lipinski definition) is 2. The predicted molar refractivity (Wildman–Crippen MR) is 77.5 cm³/mol. The lowest BCUT2D eigenvalue weighted by molar-refractivity contribution is 0.0573. The third-order valence-electron chi connectivity index (χ3n) is 3.60. The molecule has 2 unspecified atom stereocenters. The summed E-state index contributed by atoms with van der Waals surface area (Å²) in [6.07, 6.45) is 2.27. The van der Waals surface area contributed by atoms with E-state index < -0.39 is 0 Å². The Hall–Kier alpha value is -1.03. The van der Waals surface area contributed by atoms with E-state index in [1.54, 1.807) is 12.1 Å². The van der Waals surface area contributed by atoms with E-state index in [9.17, 15) is 4.79 Å². The van der Waals surface area contributed by atoms with Crippen molar-refractivity contribution in [2.45, 2.75) is 32.7 Å². The largest absolute Gasteiger partial charge is 0.399 e. The van der Waals surface area contributed by atoms with E-state index in [4.69, 9.17) is 5.73 Å². The van der Waals surface area contributed by atoms with Crippen molar-refractivity contribution in [1.82, 2.24) is 4.90 Å². The number of anilines is 1. The number of rotatable bonds is 1. The molecule has 98 valence electrons. The van der Waals surface area contributed by atoms with Gasteiger partial charge in [-0.25, -0.2) is 0 Å². The molecule has 0 radical (unpaired) electrons. The van der Waals surface area contributed by atoms with E-state index in [0.717, 1.165) is 17.4 Å². The van der Waals surface area contributed by atoms with Crippen LogP contribution in [0.25, 0.3) is 0 Å². The molecule has 0 bridgehead atoms. The van der Waals surface area contributed by atoms with Crippen LogP contribution in [0.2, 0.25) is 0 Å². The fraction of sp³-hybridized carbons (Fsp3) is 0.500. The number of carbonyl (C=O) groups excluding carboxylic acids is 1. The van der Waals surface area contributed by atoms with Gasteiger partial charge in [-0.15, -0.1) is 0 Å². The maximum absolute atomic E-state index is 12.6. The van der Waals surface area contributed by atoms with Crippen LogP contribution < -0.4 is 5.73 Å². The first-order chi connectivity index (χ1) is 8.49. The number of nitrogen functional groups attached to an aromatic ring is 1. The first-order valence-corrected chi connectivity index (χ1v) is 7.14. The van der Waals surface area contributed by atoms with Crippen molar-refractivity contribution < 1.29 is 4.79 Å². The summed E-state index contributed by atoms with van der Waals surface area (Å²) >= 11 is 3.43. The summed E-state index contributed by atoms with van der Waals surface area (Å²) in [5.74, 6) is 0.651. The van der Waals surface area contributed by atoms with Gasteiger partial charge in [-0.1, -0.05) is 6.92 Å². The summed E-state index contributed by atoms with van der Waals surface area (Å²) in [4.78, 5) is 14.5. The minimum atomic E-state index is 0.0771. The molecule has 3 nitrogen and oxygen atoms in total. The van der Waals surface area contributed by atoms with Gasteiger partial charge in [0.15, 0.2) is 0 Å². The van der Waals surface area contributed by atoms with E-state index in [2.05, 4.69) is 29.8 Å². The molecule has 0 aliphatic carbocycles. The first kappa shape index (κ1) is 13.4. The van der Waals surface area contributed by atoms with Gasteiger partial charge in [-0.3, -0.25) is 4.79 Å². The molecule has 18 heavy (non-hydrogen) atoms. The van der Waals surface area contributed by atoms with Crippen LogP contribution >= 0.6 is 15.9 Å². The van der Waals surface area contributed by atoms with E-state index >= 15 is 0 Å². The average molecular weight is 311 g/mol. The number of carbonyl (C=O) groups is 1. The first-order valence-electron chi connectivity index (χ1n) is 6.35. The van der Waals surface area contributed by atoms with Crippen LogP contribution in [-0.2, 0) is 0 Å². The summed E-state index contributed by atoms with van der Waals surface area (Å²) < 4.78 is 0.812. The second-order valence-corrected chi connectivity index (χ2v) is 6.08. The third kappa shape index (κ3) is 2.69. The number of hydrogen-bond donors (Lipinski definition) is 1. The lowest BCUT2D eigenvalue weighted by atomic mass is 9.94. The van der Waals surface area contributed by atoms with Crippen LogP contribution in [0.4, 0.5) is 5.69 Å². The zero-order chi connectivity index (χ0) is 13.3. The van der Waals surface area contributed by atoms with Gasteiger partial charge in [-0.2, -0.15) is 0 Å². The highest BCUT2D eigenvalue weighted by molar-refractivity contribution is 9.10. The number of nitrogens with zero attached hydrogens (tertiary/aromatic N) is 1. The minimum absolute atomic E-state index is 0.0771. The summed E-state index contributed by atoms with van der Waals surface area (Å²) in [6.45, 7) is 5.14. The molecule has 4 heteroatoms. The number of likely N-dealkylation sites (tertiary alicyclic amines) is 1. The van der Waals surface area contributed by atoms with Gasteiger partial charge in [-0.05, 0) is 59.8 Å². The van der Waals surface area contributed by atoms with E-state index in [0.29, 0.717) is 23.2 Å². The number of piperidine rings is 1. The highest BCUT2D eigenvalue weighted by atomic mass is 79.9. The van der Waals surface area contributed by atoms with Gasteiger partial charge in [0.25, 0.3) is 5.91 Å². The monoisotopic (exact) mass is 310 g/mol. The van der Waals surface area contributed by atoms with Crippen LogP contribution in [-0.4, -0.2) is 23.4 Å². The molecule has 1 aromatic rings. The Morgan fingerprint density at radius 2 is 2.11 bits per heavy atom. The highest BCUT2D eigenvalue weighted by Gasteiger charge is 2.28. The van der Waals surface area contributed by atoms with Gasteiger partial charge in [0.1, 0.15) is 0 Å². The van der Waals surface area contributed by atoms with Gasteiger partial charge in [0, 0.05) is 22.7 Å². The molecule has 1 saturated heterocycles. The lowest BCUT2D eigenvalue weighted by Gasteiger charge is -2.37. The molecule has 0 spiro atoms. The molecule has 1 amide bonds. The maximum Gasteiger partial charge on any atom is 0.255 e. The number of nitrogens with two attached hydrogens (primary N) is 1. The Kier molecular flexibility index (Phi) is 3.95. The fourth-order valence-electron chi connectivity index (χ4n) is 2.43. The van der Waals surface area contributed by atoms with Gasteiger partial charge < -0.3 is 10.6 Å². The molecule has 1 aliphatic rings. The Labute approximate surface area is 116 Å². The van der Waals surface area contributed by atoms with Crippen molar-refractivity contribution in [1.29, 1.82) is 0 Å². The summed E-state index contributed by atoms with van der Waals surface area (Å²) in [6, 6.07) is 5.68. The van der Waals surface area contributed by atoms with Crippen molar-refractivity contribution in [3.63, 3.8) is 0 Å². The SMILES string of the molecule is CC1CCC(C)N(C(=O)c2cc(N)ccc2Br)C1. The van der Waals surface area contributed by atoms with E-state index in [-0.39, 0.29) is 5.91 Å². The average Bonchev–Trinajstić information content (AvgIpc) is 2.34. The quantitative estimate of drug-likeness (QED) is 0.809. The number of benzene rings is 1. The number of halogens is 1. The van der Waals surface area contributed by atoms with Gasteiger partial charge in [0.2, 0.25) is 0 Å². The fourth-order valence-corrected chi connectivity index (χ4v) is 2.85. The molecule has 1 fully saturated rings. The van der Waals surface area contributed by atoms with E-state index in [1.165, 1.54) is 6.42 Å². The van der Waals surface area contributed by atoms with Crippen LogP contribution in [0.15, 0.2) is 22.7 Å². The second-order valence-electron chi connectivity index (χ2n) is 5.23. The highest BCUT2D eigenvalue weighted by Crippen LogP contribution is 2.27. The van der Waals surface area contributed by atoms with E-state index in [1.807, 2.05) is 11.0 Å². The Morgan fingerprint density at radius 1 is 1.39 bits per heavy atom. The van der Waals surface area contributed by atoms with Crippen LogP contribution in [0, 0.1) is 5.92 Å². The normalized spacial score (nSPS) is 24.1. The van der Waals surface area contributed by atoms with Crippen molar-refractivity contribution in [2.75, 3.05) is 12.3 Å². The van der Waals surface area contributed by atoms with Crippen molar-refractivity contribution in [3.8, 4) is 0 Å². The summed E-state index contributed by atoms with van der Waals surface area (Å²) in [5, 5.41) is 0. The summed E-state index contributed by atoms with van der Waals surface area (Å²) in [5.41, 5.74) is 7.05. The standard InChI is InChI=1S/C14H19BrN2O/c1-9-3-4-10(2)17(8-9)14(18)12-7-11(16)5-6-13(12)15/h5-7,9-10H,3-4,8,16H2,1-2H3.